The summed E-state index contributed by atoms with van der Waals surface area (Å²) in [5.74, 6) is 2.14. The van der Waals surface area contributed by atoms with Crippen molar-refractivity contribution in [2.75, 3.05) is 20.0 Å². The van der Waals surface area contributed by atoms with E-state index in [1.54, 1.807) is 50.6 Å². The lowest BCUT2D eigenvalue weighted by atomic mass is 10.3. The van der Waals surface area contributed by atoms with Crippen LogP contribution in [-0.2, 0) is 0 Å². The second-order valence-corrected chi connectivity index (χ2v) is 3.52. The number of aromatic nitrogens is 1. The molecule has 0 aliphatic rings. The molecule has 0 amide bonds. The number of anilines is 1. The average Bonchev–Trinajstić information content (AvgIpc) is 2.39. The van der Waals surface area contributed by atoms with E-state index in [1.807, 2.05) is 0 Å². The van der Waals surface area contributed by atoms with E-state index < -0.39 is 0 Å². The van der Waals surface area contributed by atoms with Gasteiger partial charge in [0.1, 0.15) is 11.5 Å². The van der Waals surface area contributed by atoms with E-state index in [-0.39, 0.29) is 0 Å². The molecule has 94 valence electrons. The molecule has 0 spiro atoms. The monoisotopic (exact) mass is 246 g/mol. The maximum Gasteiger partial charge on any atom is 0.222 e. The third-order valence-electron chi connectivity index (χ3n) is 2.33. The summed E-state index contributed by atoms with van der Waals surface area (Å²) in [7, 11) is 3.12. The maximum atomic E-state index is 5.79. The smallest absolute Gasteiger partial charge is 0.222 e. The van der Waals surface area contributed by atoms with Crippen LogP contribution in [0.1, 0.15) is 0 Å². The summed E-state index contributed by atoms with van der Waals surface area (Å²) < 4.78 is 15.7. The fraction of sp³-hybridized carbons (Fsp3) is 0.154. The van der Waals surface area contributed by atoms with Crippen LogP contribution < -0.4 is 19.9 Å². The first-order valence-electron chi connectivity index (χ1n) is 5.35. The molecule has 2 N–H and O–H groups in total. The van der Waals surface area contributed by atoms with Crippen LogP contribution in [0.4, 0.5) is 5.69 Å². The first-order chi connectivity index (χ1) is 8.72. The van der Waals surface area contributed by atoms with Gasteiger partial charge in [-0.2, -0.15) is 4.98 Å². The first-order valence-corrected chi connectivity index (χ1v) is 5.35. The Morgan fingerprint density at radius 2 is 1.78 bits per heavy atom. The number of hydrogen-bond acceptors (Lipinski definition) is 5. The number of ether oxygens (including phenoxy) is 3. The molecular formula is C13H14N2O3. The van der Waals surface area contributed by atoms with Gasteiger partial charge in [0.25, 0.3) is 0 Å². The van der Waals surface area contributed by atoms with Gasteiger partial charge in [0, 0.05) is 18.2 Å². The Bertz CT molecular complexity index is 544. The van der Waals surface area contributed by atoms with Crippen molar-refractivity contribution in [1.82, 2.24) is 4.98 Å². The van der Waals surface area contributed by atoms with E-state index in [2.05, 4.69) is 4.98 Å². The molecule has 5 heteroatoms. The number of nitrogens with two attached hydrogens (primary N) is 1. The van der Waals surface area contributed by atoms with Crippen molar-refractivity contribution in [2.24, 2.45) is 0 Å². The zero-order chi connectivity index (χ0) is 13.0. The van der Waals surface area contributed by atoms with E-state index in [0.717, 1.165) is 0 Å². The molecule has 0 atom stereocenters. The van der Waals surface area contributed by atoms with Crippen LogP contribution in [0, 0.1) is 0 Å². The van der Waals surface area contributed by atoms with Gasteiger partial charge in [0.15, 0.2) is 0 Å². The molecule has 0 saturated carbocycles. The number of nitrogen functional groups attached to an aromatic ring is 1. The standard InChI is InChI=1S/C13H14N2O3/c1-16-11-7-6-9(8-10(11)14)18-13-5-3-4-12(15-13)17-2/h3-8H,14H2,1-2H3. The van der Waals surface area contributed by atoms with Crippen molar-refractivity contribution < 1.29 is 14.2 Å². The van der Waals surface area contributed by atoms with Gasteiger partial charge >= 0.3 is 0 Å². The SMILES string of the molecule is COc1cccc(Oc2ccc(OC)c(N)c2)n1. The van der Waals surface area contributed by atoms with Crippen molar-refractivity contribution in [3.63, 3.8) is 0 Å². The zero-order valence-corrected chi connectivity index (χ0v) is 10.2. The van der Waals surface area contributed by atoms with Gasteiger partial charge in [-0.15, -0.1) is 0 Å². The van der Waals surface area contributed by atoms with Crippen molar-refractivity contribution in [3.05, 3.63) is 36.4 Å². The molecule has 0 aliphatic heterocycles. The van der Waals surface area contributed by atoms with Gasteiger partial charge in [-0.1, -0.05) is 6.07 Å². The highest BCUT2D eigenvalue weighted by Crippen LogP contribution is 2.29. The summed E-state index contributed by atoms with van der Waals surface area (Å²) in [5, 5.41) is 0. The number of hydrogen-bond donors (Lipinski definition) is 1. The molecule has 2 rings (SSSR count). The molecule has 1 heterocycles. The predicted octanol–water partition coefficient (Wildman–Crippen LogP) is 2.47. The summed E-state index contributed by atoms with van der Waals surface area (Å²) in [5.41, 5.74) is 6.30. The van der Waals surface area contributed by atoms with Gasteiger partial charge in [0.05, 0.1) is 19.9 Å². The fourth-order valence-corrected chi connectivity index (χ4v) is 1.46. The molecule has 0 aliphatic carbocycles. The summed E-state index contributed by atoms with van der Waals surface area (Å²) in [6, 6.07) is 10.5. The van der Waals surface area contributed by atoms with Gasteiger partial charge in [-0.3, -0.25) is 0 Å². The van der Waals surface area contributed by atoms with Crippen LogP contribution in [-0.4, -0.2) is 19.2 Å². The minimum Gasteiger partial charge on any atom is -0.495 e. The van der Waals surface area contributed by atoms with E-state index in [1.165, 1.54) is 0 Å². The normalized spacial score (nSPS) is 9.89. The number of benzene rings is 1. The quantitative estimate of drug-likeness (QED) is 0.839. The summed E-state index contributed by atoms with van der Waals surface area (Å²) in [6.45, 7) is 0. The van der Waals surface area contributed by atoms with Crippen molar-refractivity contribution in [3.8, 4) is 23.3 Å². The third kappa shape index (κ3) is 2.63. The Labute approximate surface area is 105 Å². The number of pyridine rings is 1. The molecule has 5 nitrogen and oxygen atoms in total. The Morgan fingerprint density at radius 3 is 2.44 bits per heavy atom. The zero-order valence-electron chi connectivity index (χ0n) is 10.2. The second-order valence-electron chi connectivity index (χ2n) is 3.52. The first kappa shape index (κ1) is 12.0. The lowest BCUT2D eigenvalue weighted by Gasteiger charge is -2.08. The predicted molar refractivity (Wildman–Crippen MR) is 68.3 cm³/mol. The largest absolute Gasteiger partial charge is 0.495 e. The van der Waals surface area contributed by atoms with Gasteiger partial charge < -0.3 is 19.9 Å². The van der Waals surface area contributed by atoms with Crippen LogP contribution in [0.2, 0.25) is 0 Å². The molecule has 2 aromatic rings. The van der Waals surface area contributed by atoms with Gasteiger partial charge in [0.2, 0.25) is 11.8 Å². The van der Waals surface area contributed by atoms with Crippen LogP contribution >= 0.6 is 0 Å². The average molecular weight is 246 g/mol. The van der Waals surface area contributed by atoms with Crippen LogP contribution in [0.3, 0.4) is 0 Å². The Morgan fingerprint density at radius 1 is 1.00 bits per heavy atom. The topological polar surface area (TPSA) is 66.6 Å². The number of nitrogens with zero attached hydrogens (tertiary/aromatic N) is 1. The second kappa shape index (κ2) is 5.27. The maximum absolute atomic E-state index is 5.79. The lowest BCUT2D eigenvalue weighted by Crippen LogP contribution is -1.94. The number of rotatable bonds is 4. The summed E-state index contributed by atoms with van der Waals surface area (Å²) in [4.78, 5) is 4.14. The Balaban J connectivity index is 2.20. The molecule has 18 heavy (non-hydrogen) atoms. The van der Waals surface area contributed by atoms with E-state index >= 15 is 0 Å². The fourth-order valence-electron chi connectivity index (χ4n) is 1.46. The highest BCUT2D eigenvalue weighted by Gasteiger charge is 2.04. The lowest BCUT2D eigenvalue weighted by molar-refractivity contribution is 0.383. The van der Waals surface area contributed by atoms with Gasteiger partial charge in [-0.05, 0) is 12.1 Å². The highest BCUT2D eigenvalue weighted by atomic mass is 16.5. The van der Waals surface area contributed by atoms with Crippen LogP contribution in [0.25, 0.3) is 0 Å². The Kier molecular flexibility index (Phi) is 3.52. The molecule has 1 aromatic carbocycles. The molecule has 0 unspecified atom stereocenters. The summed E-state index contributed by atoms with van der Waals surface area (Å²) in [6.07, 6.45) is 0. The van der Waals surface area contributed by atoms with Crippen molar-refractivity contribution in [1.29, 1.82) is 0 Å². The molecule has 0 fully saturated rings. The molecule has 0 radical (unpaired) electrons. The number of methoxy groups -OCH3 is 2. The molecule has 0 bridgehead atoms. The summed E-state index contributed by atoms with van der Waals surface area (Å²) >= 11 is 0. The van der Waals surface area contributed by atoms with Gasteiger partial charge in [-0.25, -0.2) is 0 Å². The van der Waals surface area contributed by atoms with Crippen LogP contribution in [0.5, 0.6) is 23.3 Å². The highest BCUT2D eigenvalue weighted by molar-refractivity contribution is 5.56. The third-order valence-corrected chi connectivity index (χ3v) is 2.33. The Hall–Kier alpha value is -2.43. The van der Waals surface area contributed by atoms with E-state index in [4.69, 9.17) is 19.9 Å². The van der Waals surface area contributed by atoms with Crippen molar-refractivity contribution >= 4 is 5.69 Å². The molecule has 0 saturated heterocycles. The molecule has 1 aromatic heterocycles. The van der Waals surface area contributed by atoms with Crippen molar-refractivity contribution in [2.45, 2.75) is 0 Å². The minimum atomic E-state index is 0.443. The molecular weight excluding hydrogens is 232 g/mol. The van der Waals surface area contributed by atoms with E-state index in [0.29, 0.717) is 28.9 Å². The van der Waals surface area contributed by atoms with Crippen LogP contribution in [0.15, 0.2) is 36.4 Å². The minimum absolute atomic E-state index is 0.443. The van der Waals surface area contributed by atoms with E-state index in [9.17, 15) is 0 Å².